The lowest BCUT2D eigenvalue weighted by atomic mass is 10.00. The maximum atomic E-state index is 13.9. The molecule has 45 heavy (non-hydrogen) atoms. The summed E-state index contributed by atoms with van der Waals surface area (Å²) in [5.74, 6) is -0.919. The van der Waals surface area contributed by atoms with Crippen molar-refractivity contribution in [1.29, 1.82) is 0 Å². The maximum absolute atomic E-state index is 13.9. The lowest BCUT2D eigenvalue weighted by molar-refractivity contribution is -0.138. The van der Waals surface area contributed by atoms with Crippen molar-refractivity contribution in [1.82, 2.24) is 36.4 Å². The molecule has 2 aliphatic heterocycles. The third-order valence-electron chi connectivity index (χ3n) is 7.98. The molecule has 1 fully saturated rings. The van der Waals surface area contributed by atoms with Crippen molar-refractivity contribution in [2.24, 2.45) is 5.92 Å². The van der Waals surface area contributed by atoms with Crippen molar-refractivity contribution in [3.8, 4) is 0 Å². The second-order valence-electron chi connectivity index (χ2n) is 11.9. The smallest absolute Gasteiger partial charge is 0.249 e. The van der Waals surface area contributed by atoms with Crippen molar-refractivity contribution < 1.29 is 14.4 Å². The molecule has 2 aromatic rings. The van der Waals surface area contributed by atoms with Crippen LogP contribution in [-0.2, 0) is 27.3 Å². The van der Waals surface area contributed by atoms with Gasteiger partial charge in [-0.15, -0.1) is 0 Å². The van der Waals surface area contributed by atoms with Gasteiger partial charge in [0.25, 0.3) is 0 Å². The van der Waals surface area contributed by atoms with Gasteiger partial charge in [0.2, 0.25) is 17.7 Å². The molecule has 0 aromatic heterocycles. The molecule has 4 rings (SSSR count). The lowest BCUT2D eigenvalue weighted by Crippen LogP contribution is -2.58. The highest BCUT2D eigenvalue weighted by Crippen LogP contribution is 2.16. The summed E-state index contributed by atoms with van der Waals surface area (Å²) >= 11 is 0. The lowest BCUT2D eigenvalue weighted by Gasteiger charge is -2.31. The zero-order chi connectivity index (χ0) is 31.9. The molecule has 2 atom stereocenters. The third-order valence-corrected chi connectivity index (χ3v) is 7.98. The summed E-state index contributed by atoms with van der Waals surface area (Å²) in [4.78, 5) is 45.1. The Balaban J connectivity index is 1.46. The van der Waals surface area contributed by atoms with Crippen LogP contribution in [0.2, 0.25) is 0 Å². The standard InChI is InChI=1S/C35H49N7O3/c1-27(2)32(35(45)42-22-19-37-17-15-36-16-18-38-20-23-42)40-34(44)31(24-28-10-5-3-6-11-28)39-33(43)30-14-9-21-41(26-30)25-29-12-7-4-8-13-29/h3-13,21,26-27,31-32,36-38H,14-20,22-25H2,1-2H3,(H,39,43)(H,40,44)/t31-,32-/m0/s1. The second kappa shape index (κ2) is 18.1. The number of amides is 3. The fourth-order valence-electron chi connectivity index (χ4n) is 5.42. The van der Waals surface area contributed by atoms with E-state index in [0.29, 0.717) is 51.1 Å². The normalized spacial score (nSPS) is 17.8. The van der Waals surface area contributed by atoms with Crippen LogP contribution in [-0.4, -0.2) is 92.0 Å². The predicted molar refractivity (Wildman–Crippen MR) is 178 cm³/mol. The van der Waals surface area contributed by atoms with Gasteiger partial charge >= 0.3 is 0 Å². The van der Waals surface area contributed by atoms with Crippen LogP contribution < -0.4 is 26.6 Å². The molecule has 2 aromatic carbocycles. The van der Waals surface area contributed by atoms with Crippen molar-refractivity contribution in [2.75, 3.05) is 52.4 Å². The highest BCUT2D eigenvalue weighted by molar-refractivity contribution is 5.98. The Morgan fingerprint density at radius 3 is 1.96 bits per heavy atom. The number of hydrogen-bond donors (Lipinski definition) is 5. The number of nitrogens with one attached hydrogen (secondary N) is 5. The molecule has 0 spiro atoms. The Morgan fingerprint density at radius 1 is 0.778 bits per heavy atom. The van der Waals surface area contributed by atoms with Gasteiger partial charge in [-0.2, -0.15) is 0 Å². The van der Waals surface area contributed by atoms with E-state index in [1.807, 2.05) is 103 Å². The minimum Gasteiger partial charge on any atom is -0.350 e. The molecular weight excluding hydrogens is 566 g/mol. The van der Waals surface area contributed by atoms with Gasteiger partial charge in [-0.05, 0) is 23.5 Å². The average molecular weight is 616 g/mol. The van der Waals surface area contributed by atoms with E-state index in [2.05, 4.69) is 26.6 Å². The number of benzene rings is 2. The summed E-state index contributed by atoms with van der Waals surface area (Å²) in [5, 5.41) is 16.2. The van der Waals surface area contributed by atoms with E-state index >= 15 is 0 Å². The first-order valence-electron chi connectivity index (χ1n) is 16.1. The van der Waals surface area contributed by atoms with E-state index in [4.69, 9.17) is 0 Å². The molecule has 5 N–H and O–H groups in total. The molecule has 1 saturated heterocycles. The van der Waals surface area contributed by atoms with E-state index in [1.165, 1.54) is 0 Å². The molecule has 0 unspecified atom stereocenters. The Kier molecular flexibility index (Phi) is 13.6. The number of allylic oxidation sites excluding steroid dienone is 1. The van der Waals surface area contributed by atoms with Gasteiger partial charge in [-0.25, -0.2) is 0 Å². The molecule has 242 valence electrons. The molecular formula is C35H49N7O3. The number of nitrogens with zero attached hydrogens (tertiary/aromatic N) is 2. The Hall–Kier alpha value is -3.99. The topological polar surface area (TPSA) is 118 Å². The highest BCUT2D eigenvalue weighted by Gasteiger charge is 2.32. The quantitative estimate of drug-likeness (QED) is 0.277. The van der Waals surface area contributed by atoms with Crippen molar-refractivity contribution >= 4 is 17.7 Å². The van der Waals surface area contributed by atoms with Crippen LogP contribution in [0.15, 0.2) is 84.7 Å². The van der Waals surface area contributed by atoms with Crippen LogP contribution in [0.4, 0.5) is 0 Å². The Bertz CT molecular complexity index is 1270. The zero-order valence-electron chi connectivity index (χ0n) is 26.6. The molecule has 3 amide bonds. The van der Waals surface area contributed by atoms with Crippen LogP contribution >= 0.6 is 0 Å². The average Bonchev–Trinajstić information content (AvgIpc) is 3.04. The SMILES string of the molecule is CC(C)[C@H](NC(=O)[C@H](Cc1ccccc1)NC(=O)C1=CN(Cc2ccccc2)C=CC1)C(=O)N1CCNCCNCCNCC1. The van der Waals surface area contributed by atoms with Crippen molar-refractivity contribution in [2.45, 2.75) is 45.3 Å². The predicted octanol–water partition coefficient (Wildman–Crippen LogP) is 1.77. The maximum Gasteiger partial charge on any atom is 0.249 e. The molecule has 10 nitrogen and oxygen atoms in total. The van der Waals surface area contributed by atoms with E-state index in [9.17, 15) is 14.4 Å². The monoisotopic (exact) mass is 615 g/mol. The summed E-state index contributed by atoms with van der Waals surface area (Å²) in [6.45, 7) is 10.3. The first-order chi connectivity index (χ1) is 21.9. The highest BCUT2D eigenvalue weighted by atomic mass is 16.2. The Morgan fingerprint density at radius 2 is 1.36 bits per heavy atom. The largest absolute Gasteiger partial charge is 0.350 e. The minimum absolute atomic E-state index is 0.112. The fraction of sp³-hybridized carbons (Fsp3) is 0.457. The third kappa shape index (κ3) is 11.1. The summed E-state index contributed by atoms with van der Waals surface area (Å²) in [6.07, 6.45) is 6.54. The van der Waals surface area contributed by atoms with Crippen LogP contribution in [0.5, 0.6) is 0 Å². The summed E-state index contributed by atoms with van der Waals surface area (Å²) in [6, 6.07) is 18.1. The second-order valence-corrected chi connectivity index (χ2v) is 11.9. The van der Waals surface area contributed by atoms with E-state index in [-0.39, 0.29) is 23.6 Å². The first kappa shape index (κ1) is 33.9. The van der Waals surface area contributed by atoms with Gasteiger partial charge in [0, 0.05) is 83.3 Å². The number of carbonyl (C=O) groups is 3. The van der Waals surface area contributed by atoms with Crippen LogP contribution in [0, 0.1) is 5.92 Å². The first-order valence-corrected chi connectivity index (χ1v) is 16.1. The summed E-state index contributed by atoms with van der Waals surface area (Å²) in [5.41, 5.74) is 2.63. The molecule has 2 heterocycles. The molecule has 0 radical (unpaired) electrons. The molecule has 0 aliphatic carbocycles. The van der Waals surface area contributed by atoms with E-state index in [1.54, 1.807) is 0 Å². The van der Waals surface area contributed by atoms with Gasteiger partial charge in [0.1, 0.15) is 12.1 Å². The number of carbonyl (C=O) groups excluding carboxylic acids is 3. The van der Waals surface area contributed by atoms with Crippen LogP contribution in [0.1, 0.15) is 31.4 Å². The summed E-state index contributed by atoms with van der Waals surface area (Å²) < 4.78 is 0. The zero-order valence-corrected chi connectivity index (χ0v) is 26.6. The van der Waals surface area contributed by atoms with E-state index < -0.39 is 12.1 Å². The van der Waals surface area contributed by atoms with Gasteiger partial charge in [-0.3, -0.25) is 14.4 Å². The molecule has 2 aliphatic rings. The van der Waals surface area contributed by atoms with E-state index in [0.717, 1.165) is 37.3 Å². The van der Waals surface area contributed by atoms with Crippen molar-refractivity contribution in [3.63, 3.8) is 0 Å². The van der Waals surface area contributed by atoms with Crippen molar-refractivity contribution in [3.05, 3.63) is 95.8 Å². The van der Waals surface area contributed by atoms with Crippen LogP contribution in [0.3, 0.4) is 0 Å². The van der Waals surface area contributed by atoms with Gasteiger partial charge in [-0.1, -0.05) is 80.6 Å². The van der Waals surface area contributed by atoms with Gasteiger partial charge in [0.15, 0.2) is 0 Å². The fourth-order valence-corrected chi connectivity index (χ4v) is 5.42. The molecule has 0 bridgehead atoms. The number of rotatable bonds is 10. The number of hydrogen-bond acceptors (Lipinski definition) is 7. The minimum atomic E-state index is -0.856. The Labute approximate surface area is 267 Å². The van der Waals surface area contributed by atoms with Gasteiger partial charge in [0.05, 0.1) is 0 Å². The summed E-state index contributed by atoms with van der Waals surface area (Å²) in [7, 11) is 0. The molecule has 0 saturated carbocycles. The van der Waals surface area contributed by atoms with Crippen LogP contribution in [0.25, 0.3) is 0 Å². The van der Waals surface area contributed by atoms with Gasteiger partial charge < -0.3 is 36.4 Å². The molecule has 10 heteroatoms.